The minimum absolute atomic E-state index is 0.370. The highest BCUT2D eigenvalue weighted by Gasteiger charge is 2.09. The monoisotopic (exact) mass is 351 g/mol. The number of rotatable bonds is 1. The third-order valence-electron chi connectivity index (χ3n) is 3.55. The predicted octanol–water partition coefficient (Wildman–Crippen LogP) is 4.77. The molecular formula is C18H10BrNO2. The van der Waals surface area contributed by atoms with Crippen LogP contribution in [0.25, 0.3) is 33.1 Å². The molecule has 0 bridgehead atoms. The Hall–Kier alpha value is -2.46. The molecule has 2 aromatic carbocycles. The Morgan fingerprint density at radius 2 is 1.73 bits per heavy atom. The first-order chi connectivity index (χ1) is 10.7. The van der Waals surface area contributed by atoms with Crippen molar-refractivity contribution in [3.8, 4) is 11.3 Å². The van der Waals surface area contributed by atoms with Crippen molar-refractivity contribution in [1.29, 1.82) is 0 Å². The molecule has 0 fully saturated rings. The van der Waals surface area contributed by atoms with E-state index in [9.17, 15) is 4.79 Å². The van der Waals surface area contributed by atoms with E-state index in [0.29, 0.717) is 16.7 Å². The molecule has 3 nitrogen and oxygen atoms in total. The molecule has 0 saturated carbocycles. The van der Waals surface area contributed by atoms with E-state index in [4.69, 9.17) is 4.42 Å². The SMILES string of the molecule is O=c1oc(-c2ccccc2)cc2nc3ccc(Br)cc3cc12. The quantitative estimate of drug-likeness (QED) is 0.464. The second-order valence-electron chi connectivity index (χ2n) is 5.02. The zero-order valence-corrected chi connectivity index (χ0v) is 13.0. The molecule has 0 atom stereocenters. The molecule has 0 spiro atoms. The molecule has 106 valence electrons. The molecule has 0 aliphatic heterocycles. The van der Waals surface area contributed by atoms with E-state index in [1.54, 1.807) is 0 Å². The third kappa shape index (κ3) is 2.22. The van der Waals surface area contributed by atoms with Gasteiger partial charge in [-0.25, -0.2) is 9.78 Å². The Labute approximate surface area is 134 Å². The van der Waals surface area contributed by atoms with Crippen LogP contribution in [0.3, 0.4) is 0 Å². The molecule has 4 aromatic rings. The van der Waals surface area contributed by atoms with Gasteiger partial charge in [-0.2, -0.15) is 0 Å². The number of hydrogen-bond acceptors (Lipinski definition) is 3. The fourth-order valence-corrected chi connectivity index (χ4v) is 2.87. The second kappa shape index (κ2) is 5.07. The van der Waals surface area contributed by atoms with E-state index < -0.39 is 0 Å². The maximum Gasteiger partial charge on any atom is 0.345 e. The van der Waals surface area contributed by atoms with Gasteiger partial charge in [0.15, 0.2) is 0 Å². The summed E-state index contributed by atoms with van der Waals surface area (Å²) >= 11 is 3.43. The smallest absolute Gasteiger partial charge is 0.345 e. The fourth-order valence-electron chi connectivity index (χ4n) is 2.49. The summed E-state index contributed by atoms with van der Waals surface area (Å²) in [6.45, 7) is 0. The summed E-state index contributed by atoms with van der Waals surface area (Å²) in [5.74, 6) is 0.530. The molecule has 4 rings (SSSR count). The summed E-state index contributed by atoms with van der Waals surface area (Å²) in [6, 6.07) is 19.0. The van der Waals surface area contributed by atoms with Gasteiger partial charge in [-0.3, -0.25) is 0 Å². The van der Waals surface area contributed by atoms with Gasteiger partial charge in [-0.05, 0) is 24.3 Å². The summed E-state index contributed by atoms with van der Waals surface area (Å²) in [5, 5.41) is 1.40. The first-order valence-electron chi connectivity index (χ1n) is 6.80. The van der Waals surface area contributed by atoms with Crippen LogP contribution < -0.4 is 5.63 Å². The van der Waals surface area contributed by atoms with E-state index in [1.165, 1.54) is 0 Å². The average molecular weight is 352 g/mol. The van der Waals surface area contributed by atoms with E-state index in [1.807, 2.05) is 60.7 Å². The number of fused-ring (bicyclic) bond motifs is 2. The molecule has 22 heavy (non-hydrogen) atoms. The van der Waals surface area contributed by atoms with Crippen molar-refractivity contribution in [3.05, 3.63) is 75.6 Å². The van der Waals surface area contributed by atoms with Gasteiger partial charge in [0.1, 0.15) is 5.76 Å². The van der Waals surface area contributed by atoms with Crippen molar-refractivity contribution in [3.63, 3.8) is 0 Å². The van der Waals surface area contributed by atoms with Crippen molar-refractivity contribution in [2.75, 3.05) is 0 Å². The summed E-state index contributed by atoms with van der Waals surface area (Å²) in [5.41, 5.74) is 1.98. The molecule has 2 aromatic heterocycles. The number of pyridine rings is 1. The molecule has 0 radical (unpaired) electrons. The minimum atomic E-state index is -0.370. The van der Waals surface area contributed by atoms with Crippen molar-refractivity contribution in [1.82, 2.24) is 4.98 Å². The Bertz CT molecular complexity index is 1060. The number of halogens is 1. The molecule has 0 aliphatic rings. The molecule has 0 N–H and O–H groups in total. The van der Waals surface area contributed by atoms with E-state index in [2.05, 4.69) is 20.9 Å². The van der Waals surface area contributed by atoms with Crippen LogP contribution in [0.4, 0.5) is 0 Å². The van der Waals surface area contributed by atoms with Crippen LogP contribution in [0.1, 0.15) is 0 Å². The highest BCUT2D eigenvalue weighted by Crippen LogP contribution is 2.25. The maximum atomic E-state index is 12.3. The van der Waals surface area contributed by atoms with Crippen LogP contribution in [-0.2, 0) is 0 Å². The predicted molar refractivity (Wildman–Crippen MR) is 90.9 cm³/mol. The van der Waals surface area contributed by atoms with Crippen LogP contribution in [0, 0.1) is 0 Å². The zero-order chi connectivity index (χ0) is 15.1. The van der Waals surface area contributed by atoms with Gasteiger partial charge in [0.2, 0.25) is 0 Å². The third-order valence-corrected chi connectivity index (χ3v) is 4.05. The lowest BCUT2D eigenvalue weighted by molar-refractivity contribution is 0.534. The zero-order valence-electron chi connectivity index (χ0n) is 11.4. The Kier molecular flexibility index (Phi) is 3.05. The number of hydrogen-bond donors (Lipinski definition) is 0. The lowest BCUT2D eigenvalue weighted by Crippen LogP contribution is -2.01. The highest BCUT2D eigenvalue weighted by molar-refractivity contribution is 9.10. The van der Waals surface area contributed by atoms with Gasteiger partial charge in [-0.15, -0.1) is 0 Å². The van der Waals surface area contributed by atoms with Crippen molar-refractivity contribution in [2.45, 2.75) is 0 Å². The van der Waals surface area contributed by atoms with Gasteiger partial charge in [0, 0.05) is 21.5 Å². The normalized spacial score (nSPS) is 11.1. The van der Waals surface area contributed by atoms with Crippen molar-refractivity contribution >= 4 is 37.7 Å². The minimum Gasteiger partial charge on any atom is -0.422 e. The van der Waals surface area contributed by atoms with E-state index in [0.717, 1.165) is 20.9 Å². The summed E-state index contributed by atoms with van der Waals surface area (Å²) in [6.07, 6.45) is 0. The summed E-state index contributed by atoms with van der Waals surface area (Å²) in [7, 11) is 0. The number of aromatic nitrogens is 1. The lowest BCUT2D eigenvalue weighted by Gasteiger charge is -2.04. The van der Waals surface area contributed by atoms with Gasteiger partial charge in [0.05, 0.1) is 16.4 Å². The van der Waals surface area contributed by atoms with Crippen LogP contribution >= 0.6 is 15.9 Å². The first kappa shape index (κ1) is 13.2. The Morgan fingerprint density at radius 3 is 2.55 bits per heavy atom. The van der Waals surface area contributed by atoms with Crippen molar-refractivity contribution in [2.24, 2.45) is 0 Å². The molecule has 4 heteroatoms. The summed E-state index contributed by atoms with van der Waals surface area (Å²) in [4.78, 5) is 16.9. The topological polar surface area (TPSA) is 43.1 Å². The maximum absolute atomic E-state index is 12.3. The standard InChI is InChI=1S/C18H10BrNO2/c19-13-6-7-15-12(8-13)9-14-16(20-15)10-17(22-18(14)21)11-4-2-1-3-5-11/h1-10H. The highest BCUT2D eigenvalue weighted by atomic mass is 79.9. The number of benzene rings is 2. The molecule has 0 aliphatic carbocycles. The molecular weight excluding hydrogens is 342 g/mol. The van der Waals surface area contributed by atoms with Gasteiger partial charge in [-0.1, -0.05) is 46.3 Å². The van der Waals surface area contributed by atoms with Gasteiger partial charge in [0.25, 0.3) is 0 Å². The molecule has 0 amide bonds. The van der Waals surface area contributed by atoms with Gasteiger partial charge >= 0.3 is 5.63 Å². The van der Waals surface area contributed by atoms with Gasteiger partial charge < -0.3 is 4.42 Å². The average Bonchev–Trinajstić information content (AvgIpc) is 2.54. The fraction of sp³-hybridized carbons (Fsp3) is 0. The van der Waals surface area contributed by atoms with Crippen LogP contribution in [0.2, 0.25) is 0 Å². The van der Waals surface area contributed by atoms with Crippen LogP contribution in [0.5, 0.6) is 0 Å². The Balaban J connectivity index is 2.04. The molecule has 0 unspecified atom stereocenters. The molecule has 2 heterocycles. The largest absolute Gasteiger partial charge is 0.422 e. The first-order valence-corrected chi connectivity index (χ1v) is 7.59. The molecule has 0 saturated heterocycles. The van der Waals surface area contributed by atoms with Crippen LogP contribution in [-0.4, -0.2) is 4.98 Å². The van der Waals surface area contributed by atoms with E-state index >= 15 is 0 Å². The number of nitrogens with zero attached hydrogens (tertiary/aromatic N) is 1. The van der Waals surface area contributed by atoms with Crippen LogP contribution in [0.15, 0.2) is 74.3 Å². The Morgan fingerprint density at radius 1 is 0.909 bits per heavy atom. The summed E-state index contributed by atoms with van der Waals surface area (Å²) < 4.78 is 6.40. The van der Waals surface area contributed by atoms with Crippen molar-refractivity contribution < 1.29 is 4.42 Å². The lowest BCUT2D eigenvalue weighted by atomic mass is 10.1. The second-order valence-corrected chi connectivity index (χ2v) is 5.94. The van der Waals surface area contributed by atoms with E-state index in [-0.39, 0.29) is 5.63 Å².